The molecule has 0 unspecified atom stereocenters. The highest BCUT2D eigenvalue weighted by Gasteiger charge is 2.17. The second kappa shape index (κ2) is 7.26. The van der Waals surface area contributed by atoms with Crippen molar-refractivity contribution in [2.24, 2.45) is 0 Å². The third-order valence-electron chi connectivity index (χ3n) is 3.22. The van der Waals surface area contributed by atoms with E-state index >= 15 is 0 Å². The van der Waals surface area contributed by atoms with E-state index in [4.69, 9.17) is 11.6 Å². The maximum Gasteiger partial charge on any atom is 0.270 e. The predicted molar refractivity (Wildman–Crippen MR) is 85.2 cm³/mol. The number of nitrogens with zero attached hydrogens (tertiary/aromatic N) is 2. The zero-order chi connectivity index (χ0) is 16.1. The summed E-state index contributed by atoms with van der Waals surface area (Å²) in [6.07, 6.45) is 3.08. The number of amides is 2. The largest absolute Gasteiger partial charge is 0.356 e. The van der Waals surface area contributed by atoms with Crippen LogP contribution in [0.15, 0.2) is 18.3 Å². The summed E-state index contributed by atoms with van der Waals surface area (Å²) >= 11 is 5.96. The van der Waals surface area contributed by atoms with Crippen molar-refractivity contribution in [2.45, 2.75) is 26.7 Å². The average Bonchev–Trinajstić information content (AvgIpc) is 2.83. The summed E-state index contributed by atoms with van der Waals surface area (Å²) < 4.78 is 1.74. The Hall–Kier alpha value is -2.08. The van der Waals surface area contributed by atoms with Crippen LogP contribution >= 0.6 is 11.6 Å². The number of aryl methyl sites for hydroxylation is 1. The number of aromatic nitrogens is 2. The van der Waals surface area contributed by atoms with E-state index in [1.165, 1.54) is 6.92 Å². The van der Waals surface area contributed by atoms with Crippen LogP contribution in [0, 0.1) is 0 Å². The van der Waals surface area contributed by atoms with Gasteiger partial charge in [0, 0.05) is 37.3 Å². The summed E-state index contributed by atoms with van der Waals surface area (Å²) in [6.45, 7) is 4.45. The van der Waals surface area contributed by atoms with Gasteiger partial charge in [-0.2, -0.15) is 0 Å². The molecule has 2 aromatic rings. The van der Waals surface area contributed by atoms with Crippen LogP contribution < -0.4 is 10.6 Å². The molecule has 0 atom stereocenters. The van der Waals surface area contributed by atoms with Crippen molar-refractivity contribution in [3.05, 3.63) is 34.7 Å². The molecule has 0 aliphatic carbocycles. The SMILES string of the molecule is CCc1nc2cc(Cl)ccn2c1C(=O)NCCCNC(C)=O. The maximum absolute atomic E-state index is 12.4. The number of hydrogen-bond donors (Lipinski definition) is 2. The third kappa shape index (κ3) is 3.76. The smallest absolute Gasteiger partial charge is 0.270 e. The number of pyridine rings is 1. The second-order valence-corrected chi connectivity index (χ2v) is 5.36. The number of carbonyl (C=O) groups is 2. The molecule has 2 aromatic heterocycles. The van der Waals surface area contributed by atoms with Gasteiger partial charge in [-0.15, -0.1) is 0 Å². The van der Waals surface area contributed by atoms with Crippen LogP contribution in [-0.4, -0.2) is 34.3 Å². The zero-order valence-corrected chi connectivity index (χ0v) is 13.4. The minimum atomic E-state index is -0.172. The van der Waals surface area contributed by atoms with Crippen LogP contribution in [0.3, 0.4) is 0 Å². The first kappa shape index (κ1) is 16.3. The average molecular weight is 323 g/mol. The van der Waals surface area contributed by atoms with Crippen molar-refractivity contribution in [1.29, 1.82) is 0 Å². The van der Waals surface area contributed by atoms with Gasteiger partial charge in [0.05, 0.1) is 5.69 Å². The molecule has 2 amide bonds. The fourth-order valence-corrected chi connectivity index (χ4v) is 2.35. The highest BCUT2D eigenvalue weighted by atomic mass is 35.5. The molecule has 0 fully saturated rings. The Kier molecular flexibility index (Phi) is 5.38. The van der Waals surface area contributed by atoms with Gasteiger partial charge >= 0.3 is 0 Å². The van der Waals surface area contributed by atoms with Gasteiger partial charge in [-0.3, -0.25) is 14.0 Å². The number of fused-ring (bicyclic) bond motifs is 1. The van der Waals surface area contributed by atoms with Gasteiger partial charge in [0.15, 0.2) is 0 Å². The van der Waals surface area contributed by atoms with E-state index in [2.05, 4.69) is 15.6 Å². The van der Waals surface area contributed by atoms with Gasteiger partial charge in [-0.25, -0.2) is 4.98 Å². The number of rotatable bonds is 6. The highest BCUT2D eigenvalue weighted by Crippen LogP contribution is 2.17. The summed E-state index contributed by atoms with van der Waals surface area (Å²) in [5.74, 6) is -0.243. The third-order valence-corrected chi connectivity index (χ3v) is 3.46. The molecule has 0 radical (unpaired) electrons. The Labute approximate surface area is 133 Å². The molecule has 0 saturated heterocycles. The molecule has 7 heteroatoms. The van der Waals surface area contributed by atoms with Crippen molar-refractivity contribution in [2.75, 3.05) is 13.1 Å². The van der Waals surface area contributed by atoms with E-state index in [1.54, 1.807) is 22.7 Å². The van der Waals surface area contributed by atoms with Crippen molar-refractivity contribution < 1.29 is 9.59 Å². The molecule has 0 aliphatic heterocycles. The Morgan fingerprint density at radius 2 is 2.05 bits per heavy atom. The molecule has 2 N–H and O–H groups in total. The quantitative estimate of drug-likeness (QED) is 0.796. The van der Waals surface area contributed by atoms with Crippen molar-refractivity contribution in [3.63, 3.8) is 0 Å². The lowest BCUT2D eigenvalue weighted by Crippen LogP contribution is -2.30. The minimum Gasteiger partial charge on any atom is -0.356 e. The van der Waals surface area contributed by atoms with Gasteiger partial charge < -0.3 is 10.6 Å². The van der Waals surface area contributed by atoms with E-state index in [0.717, 1.165) is 5.69 Å². The normalized spacial score (nSPS) is 10.7. The summed E-state index contributed by atoms with van der Waals surface area (Å²) in [4.78, 5) is 27.6. The van der Waals surface area contributed by atoms with Crippen LogP contribution in [0.25, 0.3) is 5.65 Å². The van der Waals surface area contributed by atoms with E-state index in [1.807, 2.05) is 6.92 Å². The summed E-state index contributed by atoms with van der Waals surface area (Å²) in [7, 11) is 0. The number of imidazole rings is 1. The summed E-state index contributed by atoms with van der Waals surface area (Å²) in [5, 5.41) is 6.13. The molecule has 0 spiro atoms. The van der Waals surface area contributed by atoms with Gasteiger partial charge in [0.2, 0.25) is 5.91 Å². The Balaban J connectivity index is 2.08. The first-order chi connectivity index (χ1) is 10.5. The monoisotopic (exact) mass is 322 g/mol. The highest BCUT2D eigenvalue weighted by molar-refractivity contribution is 6.30. The number of halogens is 1. The van der Waals surface area contributed by atoms with Gasteiger partial charge in [-0.1, -0.05) is 18.5 Å². The number of carbonyl (C=O) groups excluding carboxylic acids is 2. The predicted octanol–water partition coefficient (Wildman–Crippen LogP) is 1.81. The minimum absolute atomic E-state index is 0.0711. The summed E-state index contributed by atoms with van der Waals surface area (Å²) in [6, 6.07) is 3.46. The molecule has 0 aliphatic rings. The van der Waals surface area contributed by atoms with Crippen molar-refractivity contribution in [1.82, 2.24) is 20.0 Å². The molecular formula is C15H19ClN4O2. The van der Waals surface area contributed by atoms with Crippen LogP contribution in [0.2, 0.25) is 5.02 Å². The first-order valence-electron chi connectivity index (χ1n) is 7.22. The van der Waals surface area contributed by atoms with Crippen LogP contribution in [-0.2, 0) is 11.2 Å². The van der Waals surface area contributed by atoms with Crippen LogP contribution in [0.1, 0.15) is 36.5 Å². The van der Waals surface area contributed by atoms with Gasteiger partial charge in [0.1, 0.15) is 11.3 Å². The van der Waals surface area contributed by atoms with E-state index in [0.29, 0.717) is 42.3 Å². The fourth-order valence-electron chi connectivity index (χ4n) is 2.19. The molecule has 22 heavy (non-hydrogen) atoms. The van der Waals surface area contributed by atoms with Crippen molar-refractivity contribution in [3.8, 4) is 0 Å². The van der Waals surface area contributed by atoms with Crippen molar-refractivity contribution >= 4 is 29.1 Å². The molecule has 0 aromatic carbocycles. The Morgan fingerprint density at radius 3 is 2.73 bits per heavy atom. The lowest BCUT2D eigenvalue weighted by molar-refractivity contribution is -0.118. The van der Waals surface area contributed by atoms with Crippen LogP contribution in [0.5, 0.6) is 0 Å². The molecule has 118 valence electrons. The maximum atomic E-state index is 12.4. The Morgan fingerprint density at radius 1 is 1.32 bits per heavy atom. The topological polar surface area (TPSA) is 75.5 Å². The lowest BCUT2D eigenvalue weighted by atomic mass is 10.2. The van der Waals surface area contributed by atoms with Crippen LogP contribution in [0.4, 0.5) is 0 Å². The Bertz CT molecular complexity index is 696. The van der Waals surface area contributed by atoms with Gasteiger partial charge in [0.25, 0.3) is 5.91 Å². The molecular weight excluding hydrogens is 304 g/mol. The zero-order valence-electron chi connectivity index (χ0n) is 12.6. The number of nitrogens with one attached hydrogen (secondary N) is 2. The van der Waals surface area contributed by atoms with Gasteiger partial charge in [-0.05, 0) is 18.9 Å². The lowest BCUT2D eigenvalue weighted by Gasteiger charge is -2.07. The molecule has 2 heterocycles. The molecule has 2 rings (SSSR count). The molecule has 0 saturated carbocycles. The summed E-state index contributed by atoms with van der Waals surface area (Å²) in [5.41, 5.74) is 1.93. The van der Waals surface area contributed by atoms with E-state index in [9.17, 15) is 9.59 Å². The van der Waals surface area contributed by atoms with E-state index < -0.39 is 0 Å². The fraction of sp³-hybridized carbons (Fsp3) is 0.400. The molecule has 0 bridgehead atoms. The standard InChI is InChI=1S/C15H19ClN4O2/c1-3-12-14(15(22)18-7-4-6-17-10(2)21)20-8-5-11(16)9-13(20)19-12/h5,8-9H,3-4,6-7H2,1-2H3,(H,17,21)(H,18,22). The second-order valence-electron chi connectivity index (χ2n) is 4.93. The van der Waals surface area contributed by atoms with E-state index in [-0.39, 0.29) is 11.8 Å². The molecule has 6 nitrogen and oxygen atoms in total. The number of hydrogen-bond acceptors (Lipinski definition) is 3. The first-order valence-corrected chi connectivity index (χ1v) is 7.59.